The molecule has 2 atom stereocenters. The highest BCUT2D eigenvalue weighted by Crippen LogP contribution is 2.19. The monoisotopic (exact) mass is 213 g/mol. The third-order valence-electron chi connectivity index (χ3n) is 2.38. The molecule has 2 unspecified atom stereocenters. The zero-order valence-corrected chi connectivity index (χ0v) is 8.33. The average molecular weight is 213 g/mol. The fourth-order valence-corrected chi connectivity index (χ4v) is 2.03. The molecule has 14 heavy (non-hydrogen) atoms. The molecule has 1 aromatic rings. The Morgan fingerprint density at radius 3 is 3.07 bits per heavy atom. The molecule has 1 aliphatic carbocycles. The summed E-state index contributed by atoms with van der Waals surface area (Å²) in [6.07, 6.45) is 3.61. The minimum atomic E-state index is -0.403. The van der Waals surface area contributed by atoms with Gasteiger partial charge in [-0.3, -0.25) is 4.79 Å². The number of aliphatic hydroxyl groups excluding tert-OH is 1. The van der Waals surface area contributed by atoms with E-state index in [-0.39, 0.29) is 11.9 Å². The molecule has 0 bridgehead atoms. The van der Waals surface area contributed by atoms with E-state index in [1.54, 1.807) is 0 Å². The second-order valence-corrected chi connectivity index (χ2v) is 4.15. The van der Waals surface area contributed by atoms with Crippen molar-refractivity contribution in [2.75, 3.05) is 0 Å². The Bertz CT molecular complexity index is 314. The fraction of sp³-hybridized carbons (Fsp3) is 0.625. The van der Waals surface area contributed by atoms with Crippen LogP contribution in [0.2, 0.25) is 0 Å². The second kappa shape index (κ2) is 4.02. The van der Waals surface area contributed by atoms with Crippen LogP contribution in [0.15, 0.2) is 6.20 Å². The number of aromatic nitrogens is 2. The highest BCUT2D eigenvalue weighted by molar-refractivity contribution is 7.07. The van der Waals surface area contributed by atoms with E-state index >= 15 is 0 Å². The number of carbonyl (C=O) groups is 1. The molecule has 0 radical (unpaired) electrons. The number of hydrogen-bond donors (Lipinski definition) is 2. The van der Waals surface area contributed by atoms with Gasteiger partial charge in [0.05, 0.1) is 18.3 Å². The lowest BCUT2D eigenvalue weighted by Gasteiger charge is -2.15. The van der Waals surface area contributed by atoms with Gasteiger partial charge in [0.1, 0.15) is 4.88 Å². The number of amides is 1. The van der Waals surface area contributed by atoms with E-state index in [4.69, 9.17) is 0 Å². The van der Waals surface area contributed by atoms with Crippen LogP contribution in [-0.4, -0.2) is 32.7 Å². The van der Waals surface area contributed by atoms with Gasteiger partial charge in [-0.05, 0) is 30.8 Å². The van der Waals surface area contributed by atoms with Crippen LogP contribution < -0.4 is 5.32 Å². The van der Waals surface area contributed by atoms with Gasteiger partial charge in [0, 0.05) is 0 Å². The molecule has 2 rings (SSSR count). The van der Waals surface area contributed by atoms with Gasteiger partial charge in [0.15, 0.2) is 0 Å². The van der Waals surface area contributed by atoms with Crippen molar-refractivity contribution in [3.05, 3.63) is 11.1 Å². The molecule has 1 aliphatic rings. The van der Waals surface area contributed by atoms with Crippen LogP contribution in [0.1, 0.15) is 28.9 Å². The summed E-state index contributed by atoms with van der Waals surface area (Å²) in [5.74, 6) is -0.189. The van der Waals surface area contributed by atoms with Crippen LogP contribution in [0, 0.1) is 0 Å². The Kier molecular flexibility index (Phi) is 2.74. The van der Waals surface area contributed by atoms with Gasteiger partial charge in [-0.1, -0.05) is 4.49 Å². The topological polar surface area (TPSA) is 75.1 Å². The van der Waals surface area contributed by atoms with Gasteiger partial charge in [-0.15, -0.1) is 5.10 Å². The van der Waals surface area contributed by atoms with Gasteiger partial charge >= 0.3 is 0 Å². The van der Waals surface area contributed by atoms with E-state index < -0.39 is 6.10 Å². The molecule has 1 amide bonds. The Balaban J connectivity index is 1.95. The molecule has 1 heterocycles. The van der Waals surface area contributed by atoms with Crippen molar-refractivity contribution in [1.82, 2.24) is 14.9 Å². The number of hydrogen-bond acceptors (Lipinski definition) is 5. The van der Waals surface area contributed by atoms with E-state index in [1.807, 2.05) is 0 Å². The second-order valence-electron chi connectivity index (χ2n) is 3.36. The van der Waals surface area contributed by atoms with Crippen LogP contribution in [0.25, 0.3) is 0 Å². The molecule has 6 heteroatoms. The van der Waals surface area contributed by atoms with Gasteiger partial charge in [-0.25, -0.2) is 0 Å². The molecule has 2 N–H and O–H groups in total. The van der Waals surface area contributed by atoms with Crippen molar-refractivity contribution >= 4 is 17.4 Å². The predicted molar refractivity (Wildman–Crippen MR) is 51.0 cm³/mol. The van der Waals surface area contributed by atoms with Crippen LogP contribution >= 0.6 is 11.5 Å². The molecular weight excluding hydrogens is 202 g/mol. The first kappa shape index (κ1) is 9.54. The smallest absolute Gasteiger partial charge is 0.264 e. The predicted octanol–water partition coefficient (Wildman–Crippen LogP) is 0.181. The largest absolute Gasteiger partial charge is 0.391 e. The Hall–Kier alpha value is -1.01. The third kappa shape index (κ3) is 1.91. The zero-order valence-electron chi connectivity index (χ0n) is 7.51. The van der Waals surface area contributed by atoms with Crippen LogP contribution in [0.5, 0.6) is 0 Å². The molecule has 1 aromatic heterocycles. The van der Waals surface area contributed by atoms with E-state index in [2.05, 4.69) is 14.9 Å². The van der Waals surface area contributed by atoms with Gasteiger partial charge < -0.3 is 10.4 Å². The maximum absolute atomic E-state index is 11.5. The number of nitrogens with zero attached hydrogens (tertiary/aromatic N) is 2. The molecule has 0 spiro atoms. The lowest BCUT2D eigenvalue weighted by molar-refractivity contribution is 0.0877. The lowest BCUT2D eigenvalue weighted by atomic mass is 10.2. The van der Waals surface area contributed by atoms with E-state index in [9.17, 15) is 9.90 Å². The van der Waals surface area contributed by atoms with E-state index in [1.165, 1.54) is 6.20 Å². The summed E-state index contributed by atoms with van der Waals surface area (Å²) in [6, 6.07) is -0.107. The number of carbonyl (C=O) groups excluding carboxylic acids is 1. The van der Waals surface area contributed by atoms with Crippen molar-refractivity contribution in [1.29, 1.82) is 0 Å². The summed E-state index contributed by atoms with van der Waals surface area (Å²) in [4.78, 5) is 12.0. The molecule has 76 valence electrons. The van der Waals surface area contributed by atoms with Crippen LogP contribution in [-0.2, 0) is 0 Å². The van der Waals surface area contributed by atoms with E-state index in [0.717, 1.165) is 30.8 Å². The maximum Gasteiger partial charge on any atom is 0.264 e. The quantitative estimate of drug-likeness (QED) is 0.735. The van der Waals surface area contributed by atoms with Crippen molar-refractivity contribution in [2.45, 2.75) is 31.4 Å². The number of nitrogens with one attached hydrogen (secondary N) is 1. The minimum Gasteiger partial charge on any atom is -0.391 e. The minimum absolute atomic E-state index is 0.107. The van der Waals surface area contributed by atoms with E-state index in [0.29, 0.717) is 4.88 Å². The lowest BCUT2D eigenvalue weighted by Crippen LogP contribution is -2.39. The Morgan fingerprint density at radius 1 is 1.64 bits per heavy atom. The summed E-state index contributed by atoms with van der Waals surface area (Å²) in [6.45, 7) is 0. The molecule has 1 saturated carbocycles. The van der Waals surface area contributed by atoms with Crippen molar-refractivity contribution in [3.63, 3.8) is 0 Å². The van der Waals surface area contributed by atoms with Gasteiger partial charge in [-0.2, -0.15) is 0 Å². The number of aliphatic hydroxyl groups is 1. The SMILES string of the molecule is O=C(NC1CCCC1O)c1cnns1. The summed E-state index contributed by atoms with van der Waals surface area (Å²) >= 11 is 1.06. The zero-order chi connectivity index (χ0) is 9.97. The molecule has 0 saturated heterocycles. The van der Waals surface area contributed by atoms with Crippen molar-refractivity contribution in [3.8, 4) is 0 Å². The standard InChI is InChI=1S/C8H11N3O2S/c12-6-3-1-2-5(6)10-8(13)7-4-9-11-14-7/h4-6,12H,1-3H2,(H,10,13). The Labute approximate surface area is 85.3 Å². The van der Waals surface area contributed by atoms with Crippen LogP contribution in [0.4, 0.5) is 0 Å². The van der Waals surface area contributed by atoms with Crippen molar-refractivity contribution < 1.29 is 9.90 Å². The summed E-state index contributed by atoms with van der Waals surface area (Å²) in [7, 11) is 0. The molecule has 0 aromatic carbocycles. The summed E-state index contributed by atoms with van der Waals surface area (Å²) in [5, 5.41) is 15.8. The highest BCUT2D eigenvalue weighted by atomic mass is 32.1. The van der Waals surface area contributed by atoms with Gasteiger partial charge in [0.2, 0.25) is 0 Å². The first-order chi connectivity index (χ1) is 6.77. The average Bonchev–Trinajstić information content (AvgIpc) is 2.77. The Morgan fingerprint density at radius 2 is 2.50 bits per heavy atom. The number of rotatable bonds is 2. The maximum atomic E-state index is 11.5. The van der Waals surface area contributed by atoms with Gasteiger partial charge in [0.25, 0.3) is 5.91 Å². The van der Waals surface area contributed by atoms with Crippen LogP contribution in [0.3, 0.4) is 0 Å². The normalized spacial score (nSPS) is 26.4. The molecular formula is C8H11N3O2S. The first-order valence-corrected chi connectivity index (χ1v) is 5.31. The fourth-order valence-electron chi connectivity index (χ4n) is 1.62. The third-order valence-corrected chi connectivity index (χ3v) is 3.04. The highest BCUT2D eigenvalue weighted by Gasteiger charge is 2.27. The molecule has 5 nitrogen and oxygen atoms in total. The summed E-state index contributed by atoms with van der Waals surface area (Å²) in [5.41, 5.74) is 0. The first-order valence-electron chi connectivity index (χ1n) is 4.53. The summed E-state index contributed by atoms with van der Waals surface area (Å²) < 4.78 is 3.61. The molecule has 1 fully saturated rings. The van der Waals surface area contributed by atoms with Crippen molar-refractivity contribution in [2.24, 2.45) is 0 Å². The molecule has 0 aliphatic heterocycles.